The van der Waals surface area contributed by atoms with Crippen LogP contribution in [0.25, 0.3) is 11.1 Å². The molecule has 3 aromatic rings. The molecule has 0 bridgehead atoms. The third-order valence-corrected chi connectivity index (χ3v) is 7.13. The van der Waals surface area contributed by atoms with Gasteiger partial charge in [-0.05, 0) is 38.6 Å². The standard InChI is InChI=1S/C27H25F6N5O3/c1-12-10-38(11-13(2)37(12)3)20-8-19(29)22(14-4-5-18(28)15(6-14)25(34)40)23(30)24(20)36-26(41)16-9-35-21(39)7-17(16)27(31,32)33/h4-9,12-13H,10-11H2,1-3H3,(H2,34,40)(H,35,39)(H,36,41). The Morgan fingerprint density at radius 1 is 1.00 bits per heavy atom. The number of aromatic nitrogens is 1. The highest BCUT2D eigenvalue weighted by molar-refractivity contribution is 6.07. The minimum atomic E-state index is -5.10. The lowest BCUT2D eigenvalue weighted by molar-refractivity contribution is -0.138. The molecule has 4 N–H and O–H groups in total. The maximum Gasteiger partial charge on any atom is 0.417 e. The summed E-state index contributed by atoms with van der Waals surface area (Å²) in [4.78, 5) is 41.9. The van der Waals surface area contributed by atoms with Crippen LogP contribution in [0, 0.1) is 17.5 Å². The molecule has 2 aromatic carbocycles. The molecule has 1 aromatic heterocycles. The molecule has 14 heteroatoms. The normalized spacial score (nSPS) is 17.9. The third-order valence-electron chi connectivity index (χ3n) is 7.13. The number of rotatable bonds is 5. The lowest BCUT2D eigenvalue weighted by atomic mass is 9.98. The van der Waals surface area contributed by atoms with Crippen LogP contribution < -0.4 is 21.5 Å². The number of nitrogens with two attached hydrogens (primary N) is 1. The molecule has 0 spiro atoms. The number of benzene rings is 2. The zero-order chi connectivity index (χ0) is 30.4. The number of hydrogen-bond acceptors (Lipinski definition) is 5. The zero-order valence-electron chi connectivity index (χ0n) is 22.0. The predicted molar refractivity (Wildman–Crippen MR) is 139 cm³/mol. The van der Waals surface area contributed by atoms with Crippen molar-refractivity contribution in [2.45, 2.75) is 32.1 Å². The highest BCUT2D eigenvalue weighted by Crippen LogP contribution is 2.40. The van der Waals surface area contributed by atoms with E-state index in [-0.39, 0.29) is 42.5 Å². The Hall–Kier alpha value is -4.33. The summed E-state index contributed by atoms with van der Waals surface area (Å²) in [6.45, 7) is 4.22. The van der Waals surface area contributed by atoms with Crippen LogP contribution in [-0.2, 0) is 6.18 Å². The molecule has 4 rings (SSSR count). The van der Waals surface area contributed by atoms with E-state index in [1.807, 2.05) is 30.8 Å². The zero-order valence-corrected chi connectivity index (χ0v) is 22.0. The molecule has 8 nitrogen and oxygen atoms in total. The maximum absolute atomic E-state index is 16.2. The number of halogens is 6. The van der Waals surface area contributed by atoms with Gasteiger partial charge in [-0.3, -0.25) is 19.3 Å². The number of nitrogens with zero attached hydrogens (tertiary/aromatic N) is 2. The first kappa shape index (κ1) is 29.6. The van der Waals surface area contributed by atoms with Crippen molar-refractivity contribution in [2.24, 2.45) is 5.73 Å². The quantitative estimate of drug-likeness (QED) is 0.388. The van der Waals surface area contributed by atoms with Gasteiger partial charge in [0.05, 0.1) is 27.9 Å². The van der Waals surface area contributed by atoms with Gasteiger partial charge in [-0.25, -0.2) is 13.2 Å². The molecule has 1 aliphatic heterocycles. The molecular formula is C27H25F6N5O3. The van der Waals surface area contributed by atoms with Crippen molar-refractivity contribution >= 4 is 23.2 Å². The lowest BCUT2D eigenvalue weighted by Gasteiger charge is -2.44. The van der Waals surface area contributed by atoms with Crippen molar-refractivity contribution in [2.75, 3.05) is 30.4 Å². The third kappa shape index (κ3) is 5.78. The summed E-state index contributed by atoms with van der Waals surface area (Å²) < 4.78 is 86.8. The van der Waals surface area contributed by atoms with Crippen molar-refractivity contribution in [3.05, 3.63) is 81.0 Å². The lowest BCUT2D eigenvalue weighted by Crippen LogP contribution is -2.55. The van der Waals surface area contributed by atoms with E-state index in [4.69, 9.17) is 5.73 Å². The smallest absolute Gasteiger partial charge is 0.367 e. The molecule has 2 atom stereocenters. The summed E-state index contributed by atoms with van der Waals surface area (Å²) in [5.74, 6) is -6.19. The van der Waals surface area contributed by atoms with Crippen molar-refractivity contribution in [1.29, 1.82) is 0 Å². The van der Waals surface area contributed by atoms with E-state index in [0.717, 1.165) is 24.3 Å². The fourth-order valence-corrected chi connectivity index (χ4v) is 4.79. The number of pyridine rings is 1. The van der Waals surface area contributed by atoms with Crippen LogP contribution >= 0.6 is 0 Å². The molecular weight excluding hydrogens is 556 g/mol. The van der Waals surface area contributed by atoms with Gasteiger partial charge in [-0.2, -0.15) is 13.2 Å². The first-order chi connectivity index (χ1) is 19.1. The van der Waals surface area contributed by atoms with Gasteiger partial charge in [0.2, 0.25) is 5.56 Å². The van der Waals surface area contributed by atoms with Gasteiger partial charge in [0.15, 0.2) is 5.82 Å². The molecule has 2 amide bonds. The van der Waals surface area contributed by atoms with Crippen LogP contribution in [0.3, 0.4) is 0 Å². The average Bonchev–Trinajstić information content (AvgIpc) is 2.88. The minimum absolute atomic E-state index is 0.112. The molecule has 0 saturated carbocycles. The molecule has 218 valence electrons. The number of alkyl halides is 3. The summed E-state index contributed by atoms with van der Waals surface area (Å²) >= 11 is 0. The molecule has 2 heterocycles. The SMILES string of the molecule is CC1CN(c2cc(F)c(-c3ccc(F)c(C(N)=O)c3)c(F)c2NC(=O)c2c[nH]c(=O)cc2C(F)(F)F)CC(C)N1C. The topological polar surface area (TPSA) is 112 Å². The van der Waals surface area contributed by atoms with Gasteiger partial charge < -0.3 is 20.9 Å². The van der Waals surface area contributed by atoms with Gasteiger partial charge in [-0.15, -0.1) is 0 Å². The second kappa shape index (κ2) is 10.9. The van der Waals surface area contributed by atoms with Crippen LogP contribution in [0.4, 0.5) is 37.7 Å². The predicted octanol–water partition coefficient (Wildman–Crippen LogP) is 4.36. The second-order valence-corrected chi connectivity index (χ2v) is 9.85. The van der Waals surface area contributed by atoms with E-state index >= 15 is 8.78 Å². The number of anilines is 2. The summed E-state index contributed by atoms with van der Waals surface area (Å²) in [5.41, 5.74) is -1.07. The highest BCUT2D eigenvalue weighted by atomic mass is 19.4. The number of aromatic amines is 1. The minimum Gasteiger partial charge on any atom is -0.367 e. The van der Waals surface area contributed by atoms with Crippen molar-refractivity contribution in [3.63, 3.8) is 0 Å². The van der Waals surface area contributed by atoms with Gasteiger partial charge in [-0.1, -0.05) is 6.07 Å². The molecule has 2 unspecified atom stereocenters. The highest BCUT2D eigenvalue weighted by Gasteiger charge is 2.37. The summed E-state index contributed by atoms with van der Waals surface area (Å²) in [6.07, 6.45) is -4.56. The Bertz CT molecular complexity index is 1580. The molecule has 1 fully saturated rings. The molecule has 41 heavy (non-hydrogen) atoms. The van der Waals surface area contributed by atoms with E-state index in [0.29, 0.717) is 6.20 Å². The maximum atomic E-state index is 16.2. The number of carbonyl (C=O) groups excluding carboxylic acids is 2. The summed E-state index contributed by atoms with van der Waals surface area (Å²) in [5, 5.41) is 2.13. The number of amides is 2. The van der Waals surface area contributed by atoms with Crippen LogP contribution in [0.15, 0.2) is 41.3 Å². The number of H-pyrrole nitrogens is 1. The van der Waals surface area contributed by atoms with E-state index in [9.17, 15) is 31.9 Å². The van der Waals surface area contributed by atoms with Crippen LogP contribution in [-0.4, -0.2) is 53.9 Å². The number of carbonyl (C=O) groups is 2. The molecule has 1 aliphatic rings. The monoisotopic (exact) mass is 581 g/mol. The fourth-order valence-electron chi connectivity index (χ4n) is 4.79. The molecule has 0 radical (unpaired) electrons. The van der Waals surface area contributed by atoms with Gasteiger partial charge >= 0.3 is 6.18 Å². The summed E-state index contributed by atoms with van der Waals surface area (Å²) in [6, 6.07) is 3.46. The van der Waals surface area contributed by atoms with E-state index in [2.05, 4.69) is 5.32 Å². The first-order valence-electron chi connectivity index (χ1n) is 12.3. The van der Waals surface area contributed by atoms with Gasteiger partial charge in [0.1, 0.15) is 17.3 Å². The van der Waals surface area contributed by atoms with Crippen molar-refractivity contribution in [3.8, 4) is 11.1 Å². The number of likely N-dealkylation sites (N-methyl/N-ethyl adjacent to an activating group) is 1. The molecule has 1 saturated heterocycles. The Kier molecular flexibility index (Phi) is 7.89. The largest absolute Gasteiger partial charge is 0.417 e. The Morgan fingerprint density at radius 2 is 1.63 bits per heavy atom. The Morgan fingerprint density at radius 3 is 2.22 bits per heavy atom. The van der Waals surface area contributed by atoms with Gasteiger partial charge in [0.25, 0.3) is 11.8 Å². The van der Waals surface area contributed by atoms with E-state index in [1.54, 1.807) is 4.90 Å². The van der Waals surface area contributed by atoms with Crippen LogP contribution in [0.2, 0.25) is 0 Å². The number of piperazine rings is 1. The number of primary amides is 1. The second-order valence-electron chi connectivity index (χ2n) is 9.85. The Labute approximate surface area is 229 Å². The number of hydrogen-bond donors (Lipinski definition) is 3. The van der Waals surface area contributed by atoms with E-state index in [1.165, 1.54) is 0 Å². The van der Waals surface area contributed by atoms with Crippen molar-refractivity contribution in [1.82, 2.24) is 9.88 Å². The Balaban J connectivity index is 1.91. The number of nitrogens with one attached hydrogen (secondary N) is 2. The average molecular weight is 582 g/mol. The summed E-state index contributed by atoms with van der Waals surface area (Å²) in [7, 11) is 1.86. The van der Waals surface area contributed by atoms with Crippen LogP contribution in [0.5, 0.6) is 0 Å². The first-order valence-corrected chi connectivity index (χ1v) is 12.3. The van der Waals surface area contributed by atoms with E-state index < -0.39 is 68.9 Å². The van der Waals surface area contributed by atoms with Crippen LogP contribution in [0.1, 0.15) is 40.1 Å². The molecule has 0 aliphatic carbocycles. The van der Waals surface area contributed by atoms with Crippen molar-refractivity contribution < 1.29 is 35.9 Å². The van der Waals surface area contributed by atoms with Gasteiger partial charge in [0, 0.05) is 43.5 Å². The fraction of sp³-hybridized carbons (Fsp3) is 0.296.